The maximum atomic E-state index is 12.5. The molecule has 0 radical (unpaired) electrons. The summed E-state index contributed by atoms with van der Waals surface area (Å²) in [7, 11) is 0. The number of hydrogen-bond acceptors (Lipinski definition) is 4. The van der Waals surface area contributed by atoms with Crippen molar-refractivity contribution in [2.24, 2.45) is 0 Å². The van der Waals surface area contributed by atoms with E-state index in [2.05, 4.69) is 20.5 Å². The van der Waals surface area contributed by atoms with Gasteiger partial charge in [0.15, 0.2) is 5.82 Å². The number of rotatable bonds is 7. The third-order valence-electron chi connectivity index (χ3n) is 5.16. The molecule has 1 aromatic carbocycles. The minimum absolute atomic E-state index is 0.196. The Morgan fingerprint density at radius 1 is 1.09 bits per heavy atom. The van der Waals surface area contributed by atoms with E-state index in [1.807, 2.05) is 67.2 Å². The molecule has 32 heavy (non-hydrogen) atoms. The van der Waals surface area contributed by atoms with Gasteiger partial charge in [0.2, 0.25) is 5.91 Å². The van der Waals surface area contributed by atoms with Crippen LogP contribution >= 0.6 is 11.6 Å². The van der Waals surface area contributed by atoms with Crippen LogP contribution in [0.15, 0.2) is 67.1 Å². The molecule has 0 aliphatic rings. The van der Waals surface area contributed by atoms with Gasteiger partial charge in [-0.15, -0.1) is 0 Å². The Morgan fingerprint density at radius 2 is 1.91 bits per heavy atom. The van der Waals surface area contributed by atoms with Crippen molar-refractivity contribution < 1.29 is 4.79 Å². The van der Waals surface area contributed by atoms with E-state index in [9.17, 15) is 4.79 Å². The maximum Gasteiger partial charge on any atom is 0.244 e. The van der Waals surface area contributed by atoms with Gasteiger partial charge in [-0.25, -0.2) is 9.67 Å². The Hall–Kier alpha value is -3.71. The molecule has 7 nitrogen and oxygen atoms in total. The highest BCUT2D eigenvalue weighted by Crippen LogP contribution is 2.20. The van der Waals surface area contributed by atoms with Gasteiger partial charge in [0.05, 0.1) is 12.2 Å². The van der Waals surface area contributed by atoms with E-state index < -0.39 is 0 Å². The van der Waals surface area contributed by atoms with E-state index in [-0.39, 0.29) is 5.91 Å². The first kappa shape index (κ1) is 21.5. The number of carbonyl (C=O) groups is 1. The molecule has 1 N–H and O–H groups in total. The van der Waals surface area contributed by atoms with Gasteiger partial charge in [0, 0.05) is 53.1 Å². The summed E-state index contributed by atoms with van der Waals surface area (Å²) in [6, 6.07) is 13.3. The largest absolute Gasteiger partial charge is 0.348 e. The highest BCUT2D eigenvalue weighted by atomic mass is 35.5. The fourth-order valence-electron chi connectivity index (χ4n) is 3.46. The van der Waals surface area contributed by atoms with Gasteiger partial charge in [-0.3, -0.25) is 9.48 Å². The zero-order valence-electron chi connectivity index (χ0n) is 17.9. The predicted molar refractivity (Wildman–Crippen MR) is 124 cm³/mol. The molecule has 0 saturated heterocycles. The zero-order chi connectivity index (χ0) is 22.5. The minimum Gasteiger partial charge on any atom is -0.348 e. The second-order valence-corrected chi connectivity index (χ2v) is 7.73. The molecular weight excluding hydrogens is 424 g/mol. The summed E-state index contributed by atoms with van der Waals surface area (Å²) in [5.41, 5.74) is 4.62. The molecular formula is C24H23ClN6O. The third-order valence-corrected chi connectivity index (χ3v) is 5.53. The standard InChI is InChI=1S/C24H23ClN6O/c1-17-21(18(2)31(29-17)16-20-7-3-4-9-22(20)25)10-11-23(32)27-15-19-8-5-12-26-24(19)30-14-6-13-28-30/h3-14H,15-16H2,1-2H3,(H,27,32)/b11-10+. The normalized spacial score (nSPS) is 11.2. The Balaban J connectivity index is 1.44. The molecule has 4 aromatic rings. The Labute approximate surface area is 191 Å². The summed E-state index contributed by atoms with van der Waals surface area (Å²) in [6.07, 6.45) is 8.54. The third kappa shape index (κ3) is 4.78. The molecule has 162 valence electrons. The van der Waals surface area contributed by atoms with Gasteiger partial charge in [0.1, 0.15) is 0 Å². The average molecular weight is 447 g/mol. The summed E-state index contributed by atoms with van der Waals surface area (Å²) >= 11 is 6.29. The zero-order valence-corrected chi connectivity index (χ0v) is 18.6. The van der Waals surface area contributed by atoms with Gasteiger partial charge < -0.3 is 5.32 Å². The average Bonchev–Trinajstić information content (AvgIpc) is 3.41. The number of aryl methyl sites for hydroxylation is 1. The van der Waals surface area contributed by atoms with Crippen molar-refractivity contribution in [2.75, 3.05) is 0 Å². The highest BCUT2D eigenvalue weighted by Gasteiger charge is 2.12. The van der Waals surface area contributed by atoms with E-state index in [0.29, 0.717) is 23.9 Å². The van der Waals surface area contributed by atoms with Gasteiger partial charge in [-0.1, -0.05) is 35.9 Å². The fourth-order valence-corrected chi connectivity index (χ4v) is 3.66. The summed E-state index contributed by atoms with van der Waals surface area (Å²) in [5.74, 6) is 0.493. The van der Waals surface area contributed by atoms with Crippen LogP contribution in [0.1, 0.15) is 28.1 Å². The molecule has 3 heterocycles. The molecule has 4 rings (SSSR count). The van der Waals surface area contributed by atoms with E-state index in [0.717, 1.165) is 28.1 Å². The van der Waals surface area contributed by atoms with E-state index >= 15 is 0 Å². The van der Waals surface area contributed by atoms with Crippen LogP contribution in [0.4, 0.5) is 0 Å². The first-order valence-electron chi connectivity index (χ1n) is 10.2. The highest BCUT2D eigenvalue weighted by molar-refractivity contribution is 6.31. The van der Waals surface area contributed by atoms with Crippen molar-refractivity contribution in [1.82, 2.24) is 29.9 Å². The SMILES string of the molecule is Cc1nn(Cc2ccccc2Cl)c(C)c1/C=C/C(=O)NCc1cccnc1-n1cccn1. The van der Waals surface area contributed by atoms with Crippen molar-refractivity contribution in [1.29, 1.82) is 0 Å². The van der Waals surface area contributed by atoms with Crippen LogP contribution < -0.4 is 5.32 Å². The molecule has 0 aliphatic carbocycles. The predicted octanol–water partition coefficient (Wildman–Crippen LogP) is 4.11. The van der Waals surface area contributed by atoms with Crippen molar-refractivity contribution in [3.05, 3.63) is 100 Å². The smallest absolute Gasteiger partial charge is 0.244 e. The lowest BCUT2D eigenvalue weighted by atomic mass is 10.1. The molecule has 0 saturated carbocycles. The van der Waals surface area contributed by atoms with Gasteiger partial charge in [0.25, 0.3) is 0 Å². The lowest BCUT2D eigenvalue weighted by molar-refractivity contribution is -0.116. The number of halogens is 1. The summed E-state index contributed by atoms with van der Waals surface area (Å²) in [6.45, 7) is 4.83. The summed E-state index contributed by atoms with van der Waals surface area (Å²) in [5, 5.41) is 12.5. The lowest BCUT2D eigenvalue weighted by Gasteiger charge is -2.08. The Morgan fingerprint density at radius 3 is 2.69 bits per heavy atom. The molecule has 0 aliphatic heterocycles. The summed E-state index contributed by atoms with van der Waals surface area (Å²) < 4.78 is 3.58. The second kappa shape index (κ2) is 9.62. The van der Waals surface area contributed by atoms with Crippen LogP contribution in [0, 0.1) is 13.8 Å². The molecule has 3 aromatic heterocycles. The number of pyridine rings is 1. The van der Waals surface area contributed by atoms with Crippen molar-refractivity contribution in [2.45, 2.75) is 26.9 Å². The second-order valence-electron chi connectivity index (χ2n) is 7.32. The van der Waals surface area contributed by atoms with Gasteiger partial charge in [-0.05, 0) is 43.7 Å². The van der Waals surface area contributed by atoms with Crippen LogP contribution in [-0.2, 0) is 17.9 Å². The molecule has 0 bridgehead atoms. The number of benzene rings is 1. The van der Waals surface area contributed by atoms with Crippen LogP contribution in [0.5, 0.6) is 0 Å². The number of nitrogens with one attached hydrogen (secondary N) is 1. The maximum absolute atomic E-state index is 12.5. The quantitative estimate of drug-likeness (QED) is 0.433. The Kier molecular flexibility index (Phi) is 6.47. The first-order valence-corrected chi connectivity index (χ1v) is 10.6. The fraction of sp³-hybridized carbons (Fsp3) is 0.167. The van der Waals surface area contributed by atoms with E-state index in [1.54, 1.807) is 23.2 Å². The number of hydrogen-bond donors (Lipinski definition) is 1. The van der Waals surface area contributed by atoms with Crippen molar-refractivity contribution in [3.8, 4) is 5.82 Å². The number of nitrogens with zero attached hydrogens (tertiary/aromatic N) is 5. The minimum atomic E-state index is -0.196. The molecule has 8 heteroatoms. The van der Waals surface area contributed by atoms with Crippen LogP contribution in [-0.4, -0.2) is 30.5 Å². The molecule has 1 amide bonds. The number of aromatic nitrogens is 5. The molecule has 0 atom stereocenters. The summed E-state index contributed by atoms with van der Waals surface area (Å²) in [4.78, 5) is 16.8. The van der Waals surface area contributed by atoms with Gasteiger partial charge in [-0.2, -0.15) is 10.2 Å². The molecule has 0 spiro atoms. The lowest BCUT2D eigenvalue weighted by Crippen LogP contribution is -2.21. The van der Waals surface area contributed by atoms with Gasteiger partial charge >= 0.3 is 0 Å². The monoisotopic (exact) mass is 446 g/mol. The Bertz CT molecular complexity index is 1260. The topological polar surface area (TPSA) is 77.6 Å². The van der Waals surface area contributed by atoms with E-state index in [4.69, 9.17) is 11.6 Å². The number of amides is 1. The van der Waals surface area contributed by atoms with Crippen LogP contribution in [0.3, 0.4) is 0 Å². The van der Waals surface area contributed by atoms with Crippen LogP contribution in [0.2, 0.25) is 5.02 Å². The molecule has 0 fully saturated rings. The number of carbonyl (C=O) groups excluding carboxylic acids is 1. The molecule has 0 unspecified atom stereocenters. The first-order chi connectivity index (χ1) is 15.5. The van der Waals surface area contributed by atoms with Crippen molar-refractivity contribution >= 4 is 23.6 Å². The van der Waals surface area contributed by atoms with E-state index in [1.165, 1.54) is 6.08 Å². The van der Waals surface area contributed by atoms with Crippen molar-refractivity contribution in [3.63, 3.8) is 0 Å². The van der Waals surface area contributed by atoms with Crippen LogP contribution in [0.25, 0.3) is 11.9 Å².